The van der Waals surface area contributed by atoms with Crippen LogP contribution in [0, 0.1) is 11.6 Å². The lowest BCUT2D eigenvalue weighted by Crippen LogP contribution is -2.25. The van der Waals surface area contributed by atoms with Crippen molar-refractivity contribution in [3.63, 3.8) is 0 Å². The number of nitrogens with two attached hydrogens (primary N) is 1. The quantitative estimate of drug-likeness (QED) is 0.0424. The number of hydrogen-bond acceptors (Lipinski definition) is 15. The number of pyridine rings is 3. The van der Waals surface area contributed by atoms with Crippen LogP contribution in [0.4, 0.5) is 20.2 Å². The number of aromatic carboxylic acids is 3. The highest BCUT2D eigenvalue weighted by Gasteiger charge is 2.30. The molecule has 13 N–H and O–H groups in total. The predicted molar refractivity (Wildman–Crippen MR) is 286 cm³/mol. The highest BCUT2D eigenvalue weighted by Crippen LogP contribution is 2.40. The van der Waals surface area contributed by atoms with Gasteiger partial charge in [-0.15, -0.1) is 0 Å². The summed E-state index contributed by atoms with van der Waals surface area (Å²) in [6, 6.07) is 8.90. The van der Waals surface area contributed by atoms with E-state index in [1.807, 2.05) is 4.57 Å². The van der Waals surface area contributed by atoms with Crippen LogP contribution in [-0.4, -0.2) is 141 Å². The molecule has 6 aromatic rings. The van der Waals surface area contributed by atoms with Crippen molar-refractivity contribution in [1.82, 2.24) is 29.7 Å². The molecule has 0 radical (unpaired) electrons. The number of aliphatic hydroxyl groups excluding tert-OH is 3. The molecular formula is C51H61Cl2F2N9O12. The number of carbonyl (C=O) groups is 3. The second-order valence-corrected chi connectivity index (χ2v) is 18.8. The third kappa shape index (κ3) is 15.1. The summed E-state index contributed by atoms with van der Waals surface area (Å²) in [6.07, 6.45) is 9.65. The molecule has 0 spiro atoms. The molecule has 0 unspecified atom stereocenters. The number of halogens is 4. The van der Waals surface area contributed by atoms with Gasteiger partial charge < -0.3 is 76.7 Å². The highest BCUT2D eigenvalue weighted by molar-refractivity contribution is 6.34. The second kappa shape index (κ2) is 27.5. The molecule has 410 valence electrons. The fourth-order valence-electron chi connectivity index (χ4n) is 8.06. The molecule has 25 heteroatoms. The zero-order valence-corrected chi connectivity index (χ0v) is 42.7. The molecule has 3 aromatic heterocycles. The summed E-state index contributed by atoms with van der Waals surface area (Å²) in [4.78, 5) is 70.7. The van der Waals surface area contributed by atoms with Crippen LogP contribution in [-0.2, 0) is 0 Å². The Morgan fingerprint density at radius 1 is 0.500 bits per heavy atom. The van der Waals surface area contributed by atoms with Gasteiger partial charge in [0.2, 0.25) is 16.3 Å². The molecule has 9 rings (SSSR count). The first-order valence-corrected chi connectivity index (χ1v) is 25.3. The third-order valence-electron chi connectivity index (χ3n) is 12.2. The molecule has 0 bridgehead atoms. The molecule has 76 heavy (non-hydrogen) atoms. The first kappa shape index (κ1) is 58.7. The maximum absolute atomic E-state index is 14.3. The Morgan fingerprint density at radius 3 is 1.24 bits per heavy atom. The molecular weight excluding hydrogens is 1040 g/mol. The van der Waals surface area contributed by atoms with Gasteiger partial charge in [-0.25, -0.2) is 23.2 Å². The van der Waals surface area contributed by atoms with Crippen LogP contribution in [0.5, 0.6) is 0 Å². The lowest BCUT2D eigenvalue weighted by molar-refractivity contribution is 0.0684. The topological polar surface area (TPSA) is 325 Å². The van der Waals surface area contributed by atoms with Gasteiger partial charge in [-0.1, -0.05) is 23.2 Å². The Kier molecular flexibility index (Phi) is 21.2. The molecule has 3 aliphatic carbocycles. The third-order valence-corrected chi connectivity index (χ3v) is 12.9. The number of aliphatic hydroxyl groups is 3. The Balaban J connectivity index is 0.000000175. The van der Waals surface area contributed by atoms with Crippen LogP contribution in [0.15, 0.2) is 69.4 Å². The number of benzene rings is 3. The van der Waals surface area contributed by atoms with Crippen molar-refractivity contribution in [3.8, 4) is 0 Å². The van der Waals surface area contributed by atoms with E-state index >= 15 is 0 Å². The molecule has 0 saturated heterocycles. The SMILES string of the molecule is NCCNCCO.O=C(O)c1cn(C2CC2)c2cc(Cl)c(F)cc2c1=O.O=C(O)c1cn(C2CC2)c2cc(Cl)c(NCCNCCO)cc2c1=O.O=C(O)c1cn(C2CC2)c2cc(NCCNCCO)c(F)cc2c1=O. The molecule has 3 aliphatic rings. The van der Waals surface area contributed by atoms with Crippen LogP contribution < -0.4 is 48.6 Å². The van der Waals surface area contributed by atoms with Gasteiger partial charge in [0, 0.05) is 112 Å². The average Bonchev–Trinajstić information content (AvgIpc) is 4.21. The van der Waals surface area contributed by atoms with Gasteiger partial charge in [0.1, 0.15) is 28.3 Å². The number of aromatic nitrogens is 3. The first-order chi connectivity index (χ1) is 36.4. The monoisotopic (exact) mass is 1100 g/mol. The summed E-state index contributed by atoms with van der Waals surface area (Å²) >= 11 is 12.1. The van der Waals surface area contributed by atoms with Gasteiger partial charge in [0.15, 0.2) is 0 Å². The molecule has 21 nitrogen and oxygen atoms in total. The Bertz CT molecular complexity index is 3250. The van der Waals surface area contributed by atoms with E-state index in [4.69, 9.17) is 49.4 Å². The molecule has 0 atom stereocenters. The number of hydrogen-bond donors (Lipinski definition) is 12. The van der Waals surface area contributed by atoms with E-state index in [1.54, 1.807) is 27.3 Å². The number of rotatable bonds is 22. The maximum Gasteiger partial charge on any atom is 0.341 e. The van der Waals surface area contributed by atoms with Crippen LogP contribution in [0.1, 0.15) is 87.7 Å². The summed E-state index contributed by atoms with van der Waals surface area (Å²) in [5, 5.41) is 69.1. The van der Waals surface area contributed by atoms with E-state index in [1.165, 1.54) is 24.7 Å². The summed E-state index contributed by atoms with van der Waals surface area (Å²) in [5.74, 6) is -5.16. The number of nitrogens with zero attached hydrogens (tertiary/aromatic N) is 3. The summed E-state index contributed by atoms with van der Waals surface area (Å²) in [5.41, 5.74) is 4.87. The van der Waals surface area contributed by atoms with Crippen LogP contribution in [0.3, 0.4) is 0 Å². The minimum Gasteiger partial charge on any atom is -0.477 e. The Labute approximate surface area is 442 Å². The van der Waals surface area contributed by atoms with E-state index in [0.29, 0.717) is 85.0 Å². The van der Waals surface area contributed by atoms with E-state index in [9.17, 15) is 47.8 Å². The summed E-state index contributed by atoms with van der Waals surface area (Å²) < 4.78 is 33.1. The van der Waals surface area contributed by atoms with Crippen molar-refractivity contribution in [2.45, 2.75) is 56.7 Å². The van der Waals surface area contributed by atoms with Gasteiger partial charge in [-0.2, -0.15) is 0 Å². The first-order valence-electron chi connectivity index (χ1n) is 24.6. The zero-order chi connectivity index (χ0) is 55.2. The minimum absolute atomic E-state index is 0.0317. The summed E-state index contributed by atoms with van der Waals surface area (Å²) in [6.45, 7) is 5.51. The number of nitrogens with one attached hydrogen (secondary N) is 5. The molecule has 0 amide bonds. The lowest BCUT2D eigenvalue weighted by atomic mass is 10.1. The fraction of sp³-hybridized carbons (Fsp3) is 0.412. The van der Waals surface area contributed by atoms with E-state index in [-0.39, 0.29) is 76.1 Å². The van der Waals surface area contributed by atoms with Crippen LogP contribution in [0.25, 0.3) is 32.7 Å². The van der Waals surface area contributed by atoms with Gasteiger partial charge >= 0.3 is 17.9 Å². The molecule has 0 aliphatic heterocycles. The normalized spacial score (nSPS) is 13.8. The van der Waals surface area contributed by atoms with Gasteiger partial charge in [0.05, 0.1) is 57.8 Å². The fourth-order valence-corrected chi connectivity index (χ4v) is 8.44. The minimum atomic E-state index is -1.31. The van der Waals surface area contributed by atoms with Crippen LogP contribution in [0.2, 0.25) is 10.0 Å². The van der Waals surface area contributed by atoms with Crippen molar-refractivity contribution in [3.05, 3.63) is 124 Å². The molecule has 3 aromatic carbocycles. The number of fused-ring (bicyclic) bond motifs is 3. The second-order valence-electron chi connectivity index (χ2n) is 18.0. The molecule has 3 heterocycles. The van der Waals surface area contributed by atoms with E-state index in [0.717, 1.165) is 57.2 Å². The highest BCUT2D eigenvalue weighted by atomic mass is 35.5. The Morgan fingerprint density at radius 2 is 0.855 bits per heavy atom. The van der Waals surface area contributed by atoms with Gasteiger partial charge in [0.25, 0.3) is 0 Å². The van der Waals surface area contributed by atoms with Crippen molar-refractivity contribution in [2.24, 2.45) is 5.73 Å². The Hall–Kier alpha value is -6.54. The van der Waals surface area contributed by atoms with Crippen molar-refractivity contribution >= 4 is 85.2 Å². The number of anilines is 2. The van der Waals surface area contributed by atoms with Gasteiger partial charge in [-0.05, 0) is 74.9 Å². The molecule has 3 fully saturated rings. The van der Waals surface area contributed by atoms with Crippen molar-refractivity contribution < 1.29 is 53.8 Å². The lowest BCUT2D eigenvalue weighted by Gasteiger charge is -2.15. The predicted octanol–water partition coefficient (Wildman–Crippen LogP) is 4.20. The smallest absolute Gasteiger partial charge is 0.341 e. The van der Waals surface area contributed by atoms with E-state index in [2.05, 4.69) is 26.6 Å². The van der Waals surface area contributed by atoms with Crippen molar-refractivity contribution in [2.75, 3.05) is 89.4 Å². The molecule has 3 saturated carbocycles. The largest absolute Gasteiger partial charge is 0.477 e. The maximum atomic E-state index is 14.3. The number of carboxylic acid groups (broad SMARTS) is 3. The number of carboxylic acids is 3. The standard InChI is InChI=1S/C17H20ClN3O4.C17H20FN3O4.C13H9ClFNO3.C4H12N2O/c18-13-8-15-11(7-14(13)20-4-3-19-5-6-22)16(23)12(17(24)25)9-21(15)10-1-2-10;18-13-7-11-15(8-14(13)20-4-3-19-5-6-22)21(10-1-2-10)9-12(16(11)23)17(24)25;14-9-4-11-7(3-10(9)15)12(17)8(13(18)19)5-16(11)6-1-2-6;5-1-2-6-3-4-7/h2*7-10,19-20,22H,1-6H2,(H,24,25);3-6H,1-2H2,(H,18,19);6-7H,1-5H2. The van der Waals surface area contributed by atoms with Gasteiger partial charge in [-0.3, -0.25) is 14.4 Å². The summed E-state index contributed by atoms with van der Waals surface area (Å²) in [7, 11) is 0. The van der Waals surface area contributed by atoms with Crippen LogP contribution >= 0.6 is 23.2 Å². The van der Waals surface area contributed by atoms with Crippen molar-refractivity contribution in [1.29, 1.82) is 0 Å². The zero-order valence-electron chi connectivity index (χ0n) is 41.2. The van der Waals surface area contributed by atoms with E-state index < -0.39 is 45.8 Å². The average molecular weight is 1100 g/mol.